The van der Waals surface area contributed by atoms with E-state index < -0.39 is 0 Å². The second-order valence-corrected chi connectivity index (χ2v) is 8.55. The lowest BCUT2D eigenvalue weighted by molar-refractivity contribution is 0.0322. The van der Waals surface area contributed by atoms with Gasteiger partial charge in [-0.25, -0.2) is 15.0 Å². The number of H-pyrrole nitrogens is 1. The van der Waals surface area contributed by atoms with E-state index in [1.807, 2.05) is 44.2 Å². The van der Waals surface area contributed by atoms with Crippen molar-refractivity contribution in [2.45, 2.75) is 13.8 Å². The van der Waals surface area contributed by atoms with Crippen LogP contribution in [0.1, 0.15) is 11.4 Å². The molecule has 1 aliphatic rings. The second-order valence-electron chi connectivity index (χ2n) is 8.55. The Kier molecular flexibility index (Phi) is 6.69. The molecule has 9 heteroatoms. The lowest BCUT2D eigenvalue weighted by Crippen LogP contribution is -2.38. The Balaban J connectivity index is 1.42. The zero-order valence-corrected chi connectivity index (χ0v) is 19.9. The van der Waals surface area contributed by atoms with Crippen molar-refractivity contribution in [1.29, 1.82) is 0 Å². The normalized spacial score (nSPS) is 14.2. The van der Waals surface area contributed by atoms with Gasteiger partial charge in [-0.15, -0.1) is 0 Å². The van der Waals surface area contributed by atoms with E-state index in [9.17, 15) is 4.79 Å². The number of pyridine rings is 2. The number of fused-ring (bicyclic) bond motifs is 1. The first kappa shape index (κ1) is 22.9. The topological polar surface area (TPSA) is 105 Å². The van der Waals surface area contributed by atoms with Crippen LogP contribution in [0.4, 0.5) is 11.5 Å². The van der Waals surface area contributed by atoms with Gasteiger partial charge in [0.1, 0.15) is 24.0 Å². The largest absolute Gasteiger partial charge is 0.492 e. The summed E-state index contributed by atoms with van der Waals surface area (Å²) in [7, 11) is 0. The number of aryl methyl sites for hydroxylation is 2. The highest BCUT2D eigenvalue weighted by molar-refractivity contribution is 5.95. The van der Waals surface area contributed by atoms with E-state index in [1.165, 1.54) is 0 Å². The van der Waals surface area contributed by atoms with E-state index >= 15 is 0 Å². The summed E-state index contributed by atoms with van der Waals surface area (Å²) in [5.41, 5.74) is 3.07. The number of morpholine rings is 1. The molecule has 0 aliphatic carbocycles. The summed E-state index contributed by atoms with van der Waals surface area (Å²) < 4.78 is 11.5. The number of nitrogens with zero attached hydrogens (tertiary/aromatic N) is 4. The molecule has 0 unspecified atom stereocenters. The molecule has 4 aromatic rings. The average molecular weight is 473 g/mol. The highest BCUT2D eigenvalue weighted by Crippen LogP contribution is 2.29. The second kappa shape index (κ2) is 10.2. The SMILES string of the molecule is Cc1ncc(-c2cc3cc[nH]c(=O)c3c(Nc3ccc(C)c(OCCN4CCOCC4)c3)n2)cn1. The predicted octanol–water partition coefficient (Wildman–Crippen LogP) is 3.45. The molecule has 0 radical (unpaired) electrons. The van der Waals surface area contributed by atoms with Crippen LogP contribution in [0.2, 0.25) is 0 Å². The van der Waals surface area contributed by atoms with Gasteiger partial charge in [-0.3, -0.25) is 9.69 Å². The molecule has 9 nitrogen and oxygen atoms in total. The molecule has 3 aromatic heterocycles. The highest BCUT2D eigenvalue weighted by atomic mass is 16.5. The fourth-order valence-corrected chi connectivity index (χ4v) is 4.06. The maximum Gasteiger partial charge on any atom is 0.259 e. The molecule has 1 saturated heterocycles. The standard InChI is InChI=1S/C26H28N6O3/c1-17-3-4-21(14-23(17)35-12-9-32-7-10-34-11-8-32)30-25-24-19(5-6-27-26(24)33)13-22(31-25)20-15-28-18(2)29-16-20/h3-6,13-16H,7-12H2,1-2H3,(H,27,33)(H,30,31). The molecular weight excluding hydrogens is 444 g/mol. The first-order valence-electron chi connectivity index (χ1n) is 11.7. The smallest absolute Gasteiger partial charge is 0.259 e. The Hall–Kier alpha value is -3.82. The molecule has 1 aromatic carbocycles. The number of aromatic amines is 1. The minimum Gasteiger partial charge on any atom is -0.492 e. The van der Waals surface area contributed by atoms with E-state index in [0.29, 0.717) is 29.3 Å². The maximum absolute atomic E-state index is 12.7. The summed E-state index contributed by atoms with van der Waals surface area (Å²) in [5, 5.41) is 4.60. The van der Waals surface area contributed by atoms with Crippen molar-refractivity contribution in [3.8, 4) is 17.0 Å². The van der Waals surface area contributed by atoms with Crippen molar-refractivity contribution in [3.05, 3.63) is 70.7 Å². The van der Waals surface area contributed by atoms with E-state index in [1.54, 1.807) is 18.6 Å². The van der Waals surface area contributed by atoms with Crippen LogP contribution in [0.25, 0.3) is 22.0 Å². The number of aromatic nitrogens is 4. The lowest BCUT2D eigenvalue weighted by Gasteiger charge is -2.26. The van der Waals surface area contributed by atoms with Crippen molar-refractivity contribution >= 4 is 22.3 Å². The molecule has 0 spiro atoms. The third-order valence-corrected chi connectivity index (χ3v) is 6.05. The fraction of sp³-hybridized carbons (Fsp3) is 0.308. The van der Waals surface area contributed by atoms with Crippen molar-refractivity contribution in [2.24, 2.45) is 0 Å². The van der Waals surface area contributed by atoms with Crippen LogP contribution >= 0.6 is 0 Å². The zero-order chi connectivity index (χ0) is 24.2. The minimum atomic E-state index is -0.210. The Morgan fingerprint density at radius 2 is 1.91 bits per heavy atom. The van der Waals surface area contributed by atoms with Crippen LogP contribution in [0.15, 0.2) is 53.7 Å². The minimum absolute atomic E-state index is 0.210. The van der Waals surface area contributed by atoms with Gasteiger partial charge in [0, 0.05) is 55.5 Å². The van der Waals surface area contributed by atoms with Crippen molar-refractivity contribution in [1.82, 2.24) is 24.8 Å². The van der Waals surface area contributed by atoms with Gasteiger partial charge in [0.25, 0.3) is 5.56 Å². The van der Waals surface area contributed by atoms with Gasteiger partial charge < -0.3 is 19.8 Å². The molecule has 0 atom stereocenters. The molecule has 1 aliphatic heterocycles. The first-order valence-corrected chi connectivity index (χ1v) is 11.7. The Morgan fingerprint density at radius 1 is 1.11 bits per heavy atom. The molecule has 1 fully saturated rings. The van der Waals surface area contributed by atoms with Gasteiger partial charge in [-0.05, 0) is 43.0 Å². The van der Waals surface area contributed by atoms with Gasteiger partial charge in [0.15, 0.2) is 0 Å². The van der Waals surface area contributed by atoms with E-state index in [4.69, 9.17) is 14.5 Å². The molecule has 0 saturated carbocycles. The first-order chi connectivity index (χ1) is 17.1. The predicted molar refractivity (Wildman–Crippen MR) is 135 cm³/mol. The van der Waals surface area contributed by atoms with Gasteiger partial charge in [-0.1, -0.05) is 6.07 Å². The van der Waals surface area contributed by atoms with E-state index in [2.05, 4.69) is 25.2 Å². The molecule has 5 rings (SSSR count). The summed E-state index contributed by atoms with van der Waals surface area (Å²) in [6.07, 6.45) is 5.11. The molecule has 180 valence electrons. The number of nitrogens with one attached hydrogen (secondary N) is 2. The van der Waals surface area contributed by atoms with Crippen LogP contribution in [0.5, 0.6) is 5.75 Å². The summed E-state index contributed by atoms with van der Waals surface area (Å²) in [6, 6.07) is 9.63. The zero-order valence-electron chi connectivity index (χ0n) is 19.9. The van der Waals surface area contributed by atoms with Crippen LogP contribution < -0.4 is 15.6 Å². The number of ether oxygens (including phenoxy) is 2. The van der Waals surface area contributed by atoms with Crippen LogP contribution in [-0.2, 0) is 4.74 Å². The number of hydrogen-bond acceptors (Lipinski definition) is 8. The summed E-state index contributed by atoms with van der Waals surface area (Å²) in [5.74, 6) is 1.94. The summed E-state index contributed by atoms with van der Waals surface area (Å²) in [6.45, 7) is 8.70. The third kappa shape index (κ3) is 5.31. The van der Waals surface area contributed by atoms with Crippen molar-refractivity contribution in [2.75, 3.05) is 44.8 Å². The number of benzene rings is 1. The van der Waals surface area contributed by atoms with Crippen molar-refractivity contribution in [3.63, 3.8) is 0 Å². The van der Waals surface area contributed by atoms with Gasteiger partial charge in [0.05, 0.1) is 24.3 Å². The van der Waals surface area contributed by atoms with Gasteiger partial charge in [-0.2, -0.15) is 0 Å². The summed E-state index contributed by atoms with van der Waals surface area (Å²) in [4.78, 5) is 31.1. The molecule has 2 N–H and O–H groups in total. The molecular formula is C26H28N6O3. The third-order valence-electron chi connectivity index (χ3n) is 6.05. The lowest BCUT2D eigenvalue weighted by atomic mass is 10.1. The average Bonchev–Trinajstić information content (AvgIpc) is 2.87. The molecule has 35 heavy (non-hydrogen) atoms. The molecule has 0 amide bonds. The van der Waals surface area contributed by atoms with Gasteiger partial charge in [0.2, 0.25) is 0 Å². The Bertz CT molecular complexity index is 1380. The van der Waals surface area contributed by atoms with Crippen molar-refractivity contribution < 1.29 is 9.47 Å². The van der Waals surface area contributed by atoms with Crippen LogP contribution in [0, 0.1) is 13.8 Å². The van der Waals surface area contributed by atoms with Crippen LogP contribution in [0.3, 0.4) is 0 Å². The Labute approximate surface area is 203 Å². The number of anilines is 2. The number of hydrogen-bond donors (Lipinski definition) is 2. The monoisotopic (exact) mass is 472 g/mol. The quantitative estimate of drug-likeness (QED) is 0.421. The van der Waals surface area contributed by atoms with E-state index in [0.717, 1.165) is 60.8 Å². The Morgan fingerprint density at radius 3 is 2.71 bits per heavy atom. The fourth-order valence-electron chi connectivity index (χ4n) is 4.06. The maximum atomic E-state index is 12.7. The summed E-state index contributed by atoms with van der Waals surface area (Å²) >= 11 is 0. The highest BCUT2D eigenvalue weighted by Gasteiger charge is 2.14. The molecule has 0 bridgehead atoms. The molecule has 4 heterocycles. The van der Waals surface area contributed by atoms with Gasteiger partial charge >= 0.3 is 0 Å². The number of rotatable bonds is 7. The van der Waals surface area contributed by atoms with E-state index in [-0.39, 0.29) is 5.56 Å². The van der Waals surface area contributed by atoms with Crippen LogP contribution in [-0.4, -0.2) is 64.3 Å².